The van der Waals surface area contributed by atoms with E-state index < -0.39 is 18.5 Å². The van der Waals surface area contributed by atoms with Crippen molar-refractivity contribution in [3.8, 4) is 0 Å². The average Bonchev–Trinajstić information content (AvgIpc) is 3.23. The number of nitrogens with one attached hydrogen (secondary N) is 1. The zero-order valence-electron chi connectivity index (χ0n) is 18.6. The van der Waals surface area contributed by atoms with E-state index in [0.717, 1.165) is 11.1 Å². The molecule has 2 amide bonds. The van der Waals surface area contributed by atoms with Gasteiger partial charge in [-0.1, -0.05) is 48.0 Å². The fourth-order valence-electron chi connectivity index (χ4n) is 2.82. The molecule has 0 fully saturated rings. The average molecular weight is 448 g/mol. The van der Waals surface area contributed by atoms with Crippen LogP contribution in [-0.2, 0) is 19.1 Å². The molecule has 0 radical (unpaired) electrons. The number of likely N-dealkylation sites (N-methyl/N-ethyl adjacent to an activating group) is 1. The van der Waals surface area contributed by atoms with Gasteiger partial charge >= 0.3 is 5.97 Å². The minimum absolute atomic E-state index is 0.0521. The Morgan fingerprint density at radius 3 is 2.39 bits per heavy atom. The lowest BCUT2D eigenvalue weighted by Gasteiger charge is -2.17. The number of carbonyl (C=O) groups excluding carboxylic acids is 3. The van der Waals surface area contributed by atoms with E-state index in [1.165, 1.54) is 16.6 Å². The van der Waals surface area contributed by atoms with Crippen molar-refractivity contribution in [2.24, 2.45) is 0 Å². The molecular weight excluding hydrogens is 424 g/mol. The summed E-state index contributed by atoms with van der Waals surface area (Å²) in [4.78, 5) is 38.6. The van der Waals surface area contributed by atoms with Gasteiger partial charge in [0.2, 0.25) is 5.91 Å². The van der Waals surface area contributed by atoms with Crippen LogP contribution in [0.15, 0.2) is 54.6 Å². The molecule has 1 heterocycles. The van der Waals surface area contributed by atoms with Crippen molar-refractivity contribution in [2.75, 3.05) is 25.5 Å². The quantitative estimate of drug-likeness (QED) is 0.413. The molecule has 1 N–H and O–H groups in total. The lowest BCUT2D eigenvalue weighted by atomic mass is 10.2. The lowest BCUT2D eigenvalue weighted by molar-refractivity contribution is -0.147. The number of hydrogen-bond donors (Lipinski definition) is 1. The molecule has 33 heavy (non-hydrogen) atoms. The number of hydrogen-bond acceptors (Lipinski definition) is 7. The van der Waals surface area contributed by atoms with Gasteiger partial charge in [-0.25, -0.2) is 4.79 Å². The topological polar surface area (TPSA) is 119 Å². The Hall–Kier alpha value is -4.34. The first kappa shape index (κ1) is 23.3. The lowest BCUT2D eigenvalue weighted by Crippen LogP contribution is -2.37. The SMILES string of the molecule is Cc1ccc(NC(=O)CN(C)C(=O)COC(=O)/C(=C/c2ccccc2)n2nnnc2C)cc1. The summed E-state index contributed by atoms with van der Waals surface area (Å²) in [6.07, 6.45) is 1.56. The van der Waals surface area contributed by atoms with Gasteiger partial charge in [-0.3, -0.25) is 9.59 Å². The van der Waals surface area contributed by atoms with Gasteiger partial charge in [-0.05, 0) is 48.0 Å². The molecule has 3 aromatic rings. The van der Waals surface area contributed by atoms with E-state index in [9.17, 15) is 14.4 Å². The third-order valence-electron chi connectivity index (χ3n) is 4.63. The third kappa shape index (κ3) is 6.57. The molecule has 0 aliphatic heterocycles. The van der Waals surface area contributed by atoms with E-state index in [1.54, 1.807) is 37.3 Å². The van der Waals surface area contributed by atoms with Crippen molar-refractivity contribution in [3.63, 3.8) is 0 Å². The number of benzene rings is 2. The zero-order valence-corrected chi connectivity index (χ0v) is 18.6. The second-order valence-corrected chi connectivity index (χ2v) is 7.32. The van der Waals surface area contributed by atoms with Crippen molar-refractivity contribution in [1.29, 1.82) is 0 Å². The molecule has 2 aromatic carbocycles. The van der Waals surface area contributed by atoms with Gasteiger partial charge in [-0.15, -0.1) is 5.10 Å². The van der Waals surface area contributed by atoms with Crippen LogP contribution in [0.2, 0.25) is 0 Å². The van der Waals surface area contributed by atoms with Crippen LogP contribution in [0.5, 0.6) is 0 Å². The van der Waals surface area contributed by atoms with E-state index in [1.807, 2.05) is 37.3 Å². The van der Waals surface area contributed by atoms with Crippen LogP contribution >= 0.6 is 0 Å². The molecule has 170 valence electrons. The molecule has 0 aliphatic carbocycles. The van der Waals surface area contributed by atoms with Crippen molar-refractivity contribution < 1.29 is 19.1 Å². The number of ether oxygens (including phenoxy) is 1. The predicted molar refractivity (Wildman–Crippen MR) is 122 cm³/mol. The van der Waals surface area contributed by atoms with E-state index >= 15 is 0 Å². The largest absolute Gasteiger partial charge is 0.451 e. The number of nitrogens with zero attached hydrogens (tertiary/aromatic N) is 5. The van der Waals surface area contributed by atoms with Crippen molar-refractivity contribution in [1.82, 2.24) is 25.1 Å². The minimum Gasteiger partial charge on any atom is -0.451 e. The highest BCUT2D eigenvalue weighted by molar-refractivity contribution is 6.15. The summed E-state index contributed by atoms with van der Waals surface area (Å²) in [5.41, 5.74) is 2.48. The monoisotopic (exact) mass is 448 g/mol. The van der Waals surface area contributed by atoms with Crippen LogP contribution in [0.1, 0.15) is 17.0 Å². The maximum absolute atomic E-state index is 12.8. The van der Waals surface area contributed by atoms with Gasteiger partial charge in [0.1, 0.15) is 0 Å². The molecule has 3 rings (SSSR count). The number of rotatable bonds is 8. The molecular formula is C23H24N6O4. The summed E-state index contributed by atoms with van der Waals surface area (Å²) in [6, 6.07) is 16.4. The van der Waals surface area contributed by atoms with Crippen LogP contribution < -0.4 is 5.32 Å². The number of aryl methyl sites for hydroxylation is 2. The predicted octanol–water partition coefficient (Wildman–Crippen LogP) is 1.93. The van der Waals surface area contributed by atoms with Crippen LogP contribution in [0.3, 0.4) is 0 Å². The Balaban J connectivity index is 1.60. The first-order valence-electron chi connectivity index (χ1n) is 10.1. The molecule has 0 aliphatic rings. The van der Waals surface area contributed by atoms with Crippen molar-refractivity contribution >= 4 is 35.2 Å². The molecule has 0 spiro atoms. The normalized spacial score (nSPS) is 11.1. The van der Waals surface area contributed by atoms with Gasteiger partial charge in [0, 0.05) is 12.7 Å². The summed E-state index contributed by atoms with van der Waals surface area (Å²) in [6.45, 7) is 2.85. The second kappa shape index (κ2) is 10.8. The van der Waals surface area contributed by atoms with E-state index in [-0.39, 0.29) is 18.1 Å². The summed E-state index contributed by atoms with van der Waals surface area (Å²) < 4.78 is 6.44. The van der Waals surface area contributed by atoms with Crippen molar-refractivity contribution in [2.45, 2.75) is 13.8 Å². The summed E-state index contributed by atoms with van der Waals surface area (Å²) in [5, 5.41) is 13.9. The Labute approximate surface area is 190 Å². The number of tetrazole rings is 1. The van der Waals surface area contributed by atoms with Crippen LogP contribution in [0, 0.1) is 13.8 Å². The Bertz CT molecular complexity index is 1160. The molecule has 0 bridgehead atoms. The highest BCUT2D eigenvalue weighted by atomic mass is 16.5. The molecule has 0 atom stereocenters. The van der Waals surface area contributed by atoms with Gasteiger partial charge in [-0.2, -0.15) is 4.68 Å². The maximum Gasteiger partial charge on any atom is 0.357 e. The fraction of sp³-hybridized carbons (Fsp3) is 0.217. The number of aromatic nitrogens is 4. The zero-order chi connectivity index (χ0) is 23.8. The number of esters is 1. The van der Waals surface area contributed by atoms with Crippen LogP contribution in [-0.4, -0.2) is 63.1 Å². The highest BCUT2D eigenvalue weighted by Crippen LogP contribution is 2.14. The van der Waals surface area contributed by atoms with Crippen LogP contribution in [0.25, 0.3) is 11.8 Å². The maximum atomic E-state index is 12.8. The van der Waals surface area contributed by atoms with Gasteiger partial charge in [0.25, 0.3) is 5.91 Å². The fourth-order valence-corrected chi connectivity index (χ4v) is 2.82. The first-order valence-corrected chi connectivity index (χ1v) is 10.1. The van der Waals surface area contributed by atoms with Gasteiger partial charge in [0.15, 0.2) is 18.1 Å². The summed E-state index contributed by atoms with van der Waals surface area (Å²) in [5.74, 6) is -1.30. The Morgan fingerprint density at radius 2 is 1.76 bits per heavy atom. The molecule has 0 unspecified atom stereocenters. The molecule has 0 saturated heterocycles. The minimum atomic E-state index is -0.778. The molecule has 1 aromatic heterocycles. The van der Waals surface area contributed by atoms with Gasteiger partial charge < -0.3 is 15.0 Å². The molecule has 10 heteroatoms. The third-order valence-corrected chi connectivity index (χ3v) is 4.63. The standard InChI is InChI=1S/C23H24N6O4/c1-16-9-11-19(12-10-16)24-21(30)14-28(3)22(31)15-33-23(32)20(29-17(2)25-26-27-29)13-18-7-5-4-6-8-18/h4-13H,14-15H2,1-3H3,(H,24,30)/b20-13-. The van der Waals surface area contributed by atoms with E-state index in [4.69, 9.17) is 4.74 Å². The van der Waals surface area contributed by atoms with Crippen molar-refractivity contribution in [3.05, 3.63) is 71.5 Å². The van der Waals surface area contributed by atoms with E-state index in [2.05, 4.69) is 20.8 Å². The summed E-state index contributed by atoms with van der Waals surface area (Å²) >= 11 is 0. The molecule has 0 saturated carbocycles. The number of carbonyl (C=O) groups is 3. The first-order chi connectivity index (χ1) is 15.8. The molecule has 10 nitrogen and oxygen atoms in total. The van der Waals surface area contributed by atoms with Crippen LogP contribution in [0.4, 0.5) is 5.69 Å². The second-order valence-electron chi connectivity index (χ2n) is 7.32. The van der Waals surface area contributed by atoms with E-state index in [0.29, 0.717) is 11.5 Å². The number of anilines is 1. The summed E-state index contributed by atoms with van der Waals surface area (Å²) in [7, 11) is 1.46. The number of amides is 2. The highest BCUT2D eigenvalue weighted by Gasteiger charge is 2.21. The Kier molecular flexibility index (Phi) is 7.64. The van der Waals surface area contributed by atoms with Gasteiger partial charge in [0.05, 0.1) is 6.54 Å². The smallest absolute Gasteiger partial charge is 0.357 e. The Morgan fingerprint density at radius 1 is 1.06 bits per heavy atom.